The molecule has 0 bridgehead atoms. The number of carboxylic acids is 1. The van der Waals surface area contributed by atoms with Gasteiger partial charge in [-0.05, 0) is 49.7 Å². The van der Waals surface area contributed by atoms with Crippen molar-refractivity contribution >= 4 is 35.2 Å². The number of aryl methyl sites for hydroxylation is 2. The van der Waals surface area contributed by atoms with E-state index in [0.29, 0.717) is 22.8 Å². The number of benzene rings is 2. The van der Waals surface area contributed by atoms with Gasteiger partial charge in [-0.3, -0.25) is 4.79 Å². The van der Waals surface area contributed by atoms with Crippen molar-refractivity contribution in [2.45, 2.75) is 13.8 Å². The van der Waals surface area contributed by atoms with Gasteiger partial charge in [0.2, 0.25) is 0 Å². The molecule has 0 aliphatic carbocycles. The van der Waals surface area contributed by atoms with Gasteiger partial charge in [-0.15, -0.1) is 0 Å². The van der Waals surface area contributed by atoms with Crippen LogP contribution in [-0.2, 0) is 4.79 Å². The number of hydrogen-bond donors (Lipinski definition) is 2. The topological polar surface area (TPSA) is 103 Å². The Labute approximate surface area is 178 Å². The Bertz CT molecular complexity index is 1220. The molecule has 0 aliphatic rings. The van der Waals surface area contributed by atoms with Gasteiger partial charge in [0.15, 0.2) is 0 Å². The molecular formula is C23H17ClN2O4. The first kappa shape index (κ1) is 20.9. The summed E-state index contributed by atoms with van der Waals surface area (Å²) in [5, 5.41) is 21.3. The average molecular weight is 421 g/mol. The minimum absolute atomic E-state index is 0.0121. The zero-order valence-corrected chi connectivity index (χ0v) is 16.9. The summed E-state index contributed by atoms with van der Waals surface area (Å²) in [6.45, 7) is 3.83. The number of aromatic carboxylic acids is 1. The number of anilines is 1. The number of hydrogen-bond acceptors (Lipinski definition) is 4. The van der Waals surface area contributed by atoms with Crippen LogP contribution < -0.4 is 5.32 Å². The number of nitrogens with zero attached hydrogens (tertiary/aromatic N) is 1. The fourth-order valence-corrected chi connectivity index (χ4v) is 3.12. The molecule has 1 aromatic heterocycles. The predicted octanol–water partition coefficient (Wildman–Crippen LogP) is 5.46. The van der Waals surface area contributed by atoms with E-state index in [4.69, 9.17) is 21.1 Å². The lowest BCUT2D eigenvalue weighted by Crippen LogP contribution is -2.14. The van der Waals surface area contributed by atoms with E-state index in [1.165, 1.54) is 18.2 Å². The summed E-state index contributed by atoms with van der Waals surface area (Å²) in [6.07, 6.45) is 1.34. The Morgan fingerprint density at radius 1 is 1.13 bits per heavy atom. The lowest BCUT2D eigenvalue weighted by atomic mass is 10.1. The van der Waals surface area contributed by atoms with Crippen molar-refractivity contribution in [3.05, 3.63) is 81.6 Å². The molecular weight excluding hydrogens is 404 g/mol. The maximum absolute atomic E-state index is 12.5. The van der Waals surface area contributed by atoms with Crippen molar-refractivity contribution in [3.63, 3.8) is 0 Å². The van der Waals surface area contributed by atoms with Gasteiger partial charge < -0.3 is 14.8 Å². The Morgan fingerprint density at radius 2 is 1.90 bits per heavy atom. The number of amides is 1. The third-order valence-corrected chi connectivity index (χ3v) is 4.71. The number of furan rings is 1. The molecule has 3 rings (SSSR count). The van der Waals surface area contributed by atoms with E-state index < -0.39 is 11.9 Å². The maximum Gasteiger partial charge on any atom is 0.337 e. The highest BCUT2D eigenvalue weighted by atomic mass is 35.5. The number of carbonyl (C=O) groups is 2. The van der Waals surface area contributed by atoms with E-state index in [1.54, 1.807) is 24.3 Å². The second-order valence-electron chi connectivity index (χ2n) is 6.64. The standard InChI is InChI=1S/C23H17ClN2O4/c1-13-3-7-20(14(2)9-13)26-22(27)16(12-25)10-17-5-8-21(30-17)15-4-6-18(23(28)29)19(24)11-15/h3-11H,1-2H3,(H,26,27)(H,28,29)/b16-10+. The van der Waals surface area contributed by atoms with Gasteiger partial charge >= 0.3 is 5.97 Å². The van der Waals surface area contributed by atoms with E-state index in [2.05, 4.69) is 5.32 Å². The van der Waals surface area contributed by atoms with Crippen molar-refractivity contribution in [2.24, 2.45) is 0 Å². The van der Waals surface area contributed by atoms with Crippen LogP contribution in [0.2, 0.25) is 5.02 Å². The highest BCUT2D eigenvalue weighted by molar-refractivity contribution is 6.33. The summed E-state index contributed by atoms with van der Waals surface area (Å²) in [4.78, 5) is 23.6. The van der Waals surface area contributed by atoms with Crippen LogP contribution in [0.3, 0.4) is 0 Å². The molecule has 0 radical (unpaired) electrons. The summed E-state index contributed by atoms with van der Waals surface area (Å²) < 4.78 is 5.68. The van der Waals surface area contributed by atoms with Crippen LogP contribution in [0.5, 0.6) is 0 Å². The van der Waals surface area contributed by atoms with Crippen LogP contribution in [0.1, 0.15) is 27.2 Å². The zero-order chi connectivity index (χ0) is 21.8. The Balaban J connectivity index is 1.83. The van der Waals surface area contributed by atoms with Crippen molar-refractivity contribution in [3.8, 4) is 17.4 Å². The maximum atomic E-state index is 12.5. The van der Waals surface area contributed by atoms with Gasteiger partial charge in [0.25, 0.3) is 5.91 Å². The minimum atomic E-state index is -1.12. The summed E-state index contributed by atoms with van der Waals surface area (Å²) >= 11 is 6.00. The number of carboxylic acid groups (broad SMARTS) is 1. The number of halogens is 1. The van der Waals surface area contributed by atoms with E-state index in [-0.39, 0.29) is 16.2 Å². The molecule has 0 atom stereocenters. The van der Waals surface area contributed by atoms with Gasteiger partial charge in [0, 0.05) is 17.3 Å². The Kier molecular flexibility index (Phi) is 6.05. The molecule has 2 N–H and O–H groups in total. The van der Waals surface area contributed by atoms with E-state index in [1.807, 2.05) is 32.0 Å². The average Bonchev–Trinajstić information content (AvgIpc) is 3.16. The molecule has 3 aromatic rings. The van der Waals surface area contributed by atoms with Crippen LogP contribution in [0, 0.1) is 25.2 Å². The van der Waals surface area contributed by atoms with E-state index in [0.717, 1.165) is 11.1 Å². The number of nitriles is 1. The molecule has 0 saturated carbocycles. The van der Waals surface area contributed by atoms with E-state index >= 15 is 0 Å². The number of nitrogens with one attached hydrogen (secondary N) is 1. The Hall–Kier alpha value is -3.82. The van der Waals surface area contributed by atoms with Gasteiger partial charge in [0.05, 0.1) is 10.6 Å². The van der Waals surface area contributed by atoms with Crippen molar-refractivity contribution in [1.29, 1.82) is 5.26 Å². The monoisotopic (exact) mass is 420 g/mol. The first-order chi connectivity index (χ1) is 14.3. The first-order valence-corrected chi connectivity index (χ1v) is 9.29. The van der Waals surface area contributed by atoms with Crippen molar-refractivity contribution < 1.29 is 19.1 Å². The number of carbonyl (C=O) groups excluding carboxylic acids is 1. The summed E-state index contributed by atoms with van der Waals surface area (Å²) in [5.74, 6) is -0.942. The van der Waals surface area contributed by atoms with Gasteiger partial charge in [0.1, 0.15) is 23.2 Å². The number of rotatable bonds is 5. The molecule has 0 aliphatic heterocycles. The van der Waals surface area contributed by atoms with Gasteiger partial charge in [-0.1, -0.05) is 35.4 Å². The molecule has 1 heterocycles. The lowest BCUT2D eigenvalue weighted by molar-refractivity contribution is -0.112. The molecule has 6 nitrogen and oxygen atoms in total. The molecule has 1 amide bonds. The summed E-state index contributed by atoms with van der Waals surface area (Å²) in [6, 6.07) is 15.2. The molecule has 7 heteroatoms. The SMILES string of the molecule is Cc1ccc(NC(=O)/C(C#N)=C/c2ccc(-c3ccc(C(=O)O)c(Cl)c3)o2)c(C)c1. The molecule has 0 spiro atoms. The first-order valence-electron chi connectivity index (χ1n) is 8.92. The smallest absolute Gasteiger partial charge is 0.337 e. The molecule has 150 valence electrons. The second-order valence-corrected chi connectivity index (χ2v) is 7.05. The van der Waals surface area contributed by atoms with Gasteiger partial charge in [-0.2, -0.15) is 5.26 Å². The fraction of sp³-hybridized carbons (Fsp3) is 0.0870. The quantitative estimate of drug-likeness (QED) is 0.421. The lowest BCUT2D eigenvalue weighted by Gasteiger charge is -2.08. The third-order valence-electron chi connectivity index (χ3n) is 4.39. The normalized spacial score (nSPS) is 11.1. The summed E-state index contributed by atoms with van der Waals surface area (Å²) in [7, 11) is 0. The molecule has 0 saturated heterocycles. The van der Waals surface area contributed by atoms with Crippen LogP contribution in [0.15, 0.2) is 58.5 Å². The Morgan fingerprint density at radius 3 is 2.53 bits per heavy atom. The summed E-state index contributed by atoms with van der Waals surface area (Å²) in [5.41, 5.74) is 3.03. The molecule has 0 unspecified atom stereocenters. The molecule has 30 heavy (non-hydrogen) atoms. The van der Waals surface area contributed by atoms with Gasteiger partial charge in [-0.25, -0.2) is 4.79 Å². The zero-order valence-electron chi connectivity index (χ0n) is 16.2. The van der Waals surface area contributed by atoms with E-state index in [9.17, 15) is 14.9 Å². The molecule has 0 fully saturated rings. The fourth-order valence-electron chi connectivity index (χ4n) is 2.86. The van der Waals surface area contributed by atoms with Crippen LogP contribution in [-0.4, -0.2) is 17.0 Å². The third kappa shape index (κ3) is 4.59. The van der Waals surface area contributed by atoms with Crippen LogP contribution >= 0.6 is 11.6 Å². The van der Waals surface area contributed by atoms with Crippen molar-refractivity contribution in [1.82, 2.24) is 0 Å². The molecule has 2 aromatic carbocycles. The predicted molar refractivity (Wildman–Crippen MR) is 114 cm³/mol. The second kappa shape index (κ2) is 8.68. The largest absolute Gasteiger partial charge is 0.478 e. The minimum Gasteiger partial charge on any atom is -0.478 e. The highest BCUT2D eigenvalue weighted by Crippen LogP contribution is 2.28. The van der Waals surface area contributed by atoms with Crippen LogP contribution in [0.4, 0.5) is 5.69 Å². The van der Waals surface area contributed by atoms with Crippen LogP contribution in [0.25, 0.3) is 17.4 Å². The highest BCUT2D eigenvalue weighted by Gasteiger charge is 2.14. The van der Waals surface area contributed by atoms with Crippen molar-refractivity contribution in [2.75, 3.05) is 5.32 Å².